The number of fused-ring (bicyclic) bond motifs is 2. The van der Waals surface area contributed by atoms with Gasteiger partial charge in [-0.1, -0.05) is 0 Å². The summed E-state index contributed by atoms with van der Waals surface area (Å²) < 4.78 is 111. The third kappa shape index (κ3) is 12.0. The molecule has 0 amide bonds. The van der Waals surface area contributed by atoms with Gasteiger partial charge in [-0.2, -0.15) is 18.2 Å². The van der Waals surface area contributed by atoms with Crippen LogP contribution in [-0.4, -0.2) is 162 Å². The van der Waals surface area contributed by atoms with Gasteiger partial charge in [-0.25, -0.2) is 38.0 Å². The molecule has 0 saturated carbocycles. The van der Waals surface area contributed by atoms with E-state index in [9.17, 15) is 67.5 Å². The van der Waals surface area contributed by atoms with Crippen LogP contribution in [0.25, 0.3) is 22.3 Å². The van der Waals surface area contributed by atoms with Crippen molar-refractivity contribution in [3.05, 3.63) is 62.4 Å². The molecular formula is C35H50N12O24P4. The first-order valence-electron chi connectivity index (χ1n) is 22.0. The average Bonchev–Trinajstić information content (AvgIpc) is 4.13. The lowest BCUT2D eigenvalue weighted by atomic mass is 9.95. The Kier molecular flexibility index (Phi) is 16.6. The molecule has 12 N–H and O–H groups in total. The van der Waals surface area contributed by atoms with E-state index in [-0.39, 0.29) is 53.7 Å². The molecule has 3 saturated heterocycles. The van der Waals surface area contributed by atoms with Gasteiger partial charge in [0.2, 0.25) is 18.5 Å². The van der Waals surface area contributed by atoms with E-state index in [1.54, 1.807) is 6.92 Å². The van der Waals surface area contributed by atoms with Crippen LogP contribution < -0.4 is 37.7 Å². The number of methoxy groups -OCH3 is 1. The zero-order valence-electron chi connectivity index (χ0n) is 39.1. The highest BCUT2D eigenvalue weighted by Gasteiger charge is 2.55. The van der Waals surface area contributed by atoms with Gasteiger partial charge in [0.25, 0.3) is 16.7 Å². The van der Waals surface area contributed by atoms with Crippen LogP contribution in [-0.2, 0) is 71.2 Å². The summed E-state index contributed by atoms with van der Waals surface area (Å²) in [6.07, 6.45) is -11.8. The molecule has 8 heterocycles. The molecule has 5 unspecified atom stereocenters. The first-order valence-corrected chi connectivity index (χ1v) is 28.1. The number of aromatic nitrogens is 10. The molecule has 3 fully saturated rings. The van der Waals surface area contributed by atoms with Crippen LogP contribution in [0.5, 0.6) is 0 Å². The van der Waals surface area contributed by atoms with Crippen molar-refractivity contribution in [2.45, 2.75) is 80.4 Å². The van der Waals surface area contributed by atoms with Crippen molar-refractivity contribution in [1.82, 2.24) is 43.6 Å². The molecule has 0 radical (unpaired) electrons. The van der Waals surface area contributed by atoms with Gasteiger partial charge < -0.3 is 79.1 Å². The summed E-state index contributed by atoms with van der Waals surface area (Å²) in [5, 5.41) is 32.9. The van der Waals surface area contributed by atoms with Crippen molar-refractivity contribution in [2.24, 2.45) is 13.0 Å². The standard InChI is InChI=1S/C35H50N12O24P4/c1-4-63-8-6-15-16(67-31(22(15)49)47-14-44(2)21-29(47)42-34(37)43-30(21)52)9-65-73(56,57)70-75(60,61)71-74(58,59)66-11-18-26(25(62-3)33(69-18)46-13-40-20-27(36)38-12-39-28(20)46)72(54,55)64-10-17-23(50)24(51)32(68-17)45-7-5-19(48)41-35(45)53/h5,7,12-18,22-26,31-33,49-51H,4,6,8-11H2,1-3H3,(H9-,36,37,38,39,41,42,43,48,52,53,54,55,56,57,58,59,60,61)/t15-,16-,17-,18?,22-,23-,24-,25-,26-,31-,32-,33-/m1/s1. The number of aromatic amines is 2. The molecule has 3 aliphatic heterocycles. The van der Waals surface area contributed by atoms with Gasteiger partial charge in [0, 0.05) is 38.5 Å². The van der Waals surface area contributed by atoms with E-state index < -0.39 is 141 Å². The first kappa shape index (κ1) is 56.6. The van der Waals surface area contributed by atoms with Gasteiger partial charge >= 0.3 is 34.7 Å². The number of nitrogens with one attached hydrogen (secondary N) is 2. The summed E-state index contributed by atoms with van der Waals surface area (Å²) in [7, 11) is -21.0. The molecular weight excluding hydrogens is 1100 g/mol. The largest absolute Gasteiger partial charge is 0.778 e. The summed E-state index contributed by atoms with van der Waals surface area (Å²) in [5.41, 5.74) is 7.18. The Bertz CT molecular complexity index is 3280. The fourth-order valence-electron chi connectivity index (χ4n) is 8.78. The van der Waals surface area contributed by atoms with Gasteiger partial charge in [-0.3, -0.25) is 37.7 Å². The number of phosphoric ester groups is 2. The van der Waals surface area contributed by atoms with Crippen molar-refractivity contribution < 1.29 is 104 Å². The number of nitrogen functional groups attached to an aromatic ring is 2. The molecule has 0 bridgehead atoms. The summed E-state index contributed by atoms with van der Waals surface area (Å²) in [6.45, 7) is -1.30. The maximum Gasteiger partial charge on any atom is 0.490 e. The molecule has 5 aromatic heterocycles. The molecule has 0 aliphatic carbocycles. The zero-order valence-corrected chi connectivity index (χ0v) is 42.7. The minimum Gasteiger partial charge on any atom is -0.778 e. The first-order chi connectivity index (χ1) is 35.2. The number of aliphatic hydroxyl groups is 3. The van der Waals surface area contributed by atoms with E-state index in [2.05, 4.69) is 33.5 Å². The predicted octanol–water partition coefficient (Wildman–Crippen LogP) is -3.76. The quantitative estimate of drug-likeness (QED) is 0.0181. The SMILES string of the molecule is CCOCC[C@H]1[C@@H](O)[C@H](n2c[n+](C)c3c(=O)[nH]c(N)nc32)O[C@@H]1COP(=O)(O)OP(=O)(O)OP(=O)(O)OCC1O[C@@H](n2cnc3c(N)ncnc32)[C@H](OC)[C@@H]1P(=O)([O-])OC[C@H]1O[C@@H](n2ccc(=O)[nH]c2=O)[C@H](O)[C@@H]1O. The molecule has 414 valence electrons. The second-order valence-corrected chi connectivity index (χ2v) is 23.4. The van der Waals surface area contributed by atoms with Crippen molar-refractivity contribution in [3.63, 3.8) is 0 Å². The maximum atomic E-state index is 14.2. The fraction of sp³-hybridized carbons (Fsp3) is 0.600. The highest BCUT2D eigenvalue weighted by Crippen LogP contribution is 2.68. The van der Waals surface area contributed by atoms with Crippen molar-refractivity contribution in [2.75, 3.05) is 51.6 Å². The van der Waals surface area contributed by atoms with Gasteiger partial charge in [-0.15, -0.1) is 0 Å². The van der Waals surface area contributed by atoms with E-state index in [0.717, 1.165) is 41.2 Å². The number of rotatable bonds is 22. The van der Waals surface area contributed by atoms with Crippen molar-refractivity contribution in [3.8, 4) is 0 Å². The van der Waals surface area contributed by atoms with Gasteiger partial charge in [0.1, 0.15) is 50.0 Å². The molecule has 75 heavy (non-hydrogen) atoms. The van der Waals surface area contributed by atoms with Gasteiger partial charge in [0.05, 0.1) is 51.1 Å². The lowest BCUT2D eigenvalue weighted by Gasteiger charge is -2.35. The molecule has 0 spiro atoms. The lowest BCUT2D eigenvalue weighted by molar-refractivity contribution is -0.646. The Morgan fingerprint density at radius 1 is 0.800 bits per heavy atom. The van der Waals surface area contributed by atoms with Crippen LogP contribution in [0.3, 0.4) is 0 Å². The molecule has 16 atom stereocenters. The molecule has 0 aromatic carbocycles. The van der Waals surface area contributed by atoms with Crippen LogP contribution in [0.2, 0.25) is 0 Å². The van der Waals surface area contributed by atoms with E-state index in [4.69, 9.17) is 48.7 Å². The fourth-order valence-corrected chi connectivity index (χ4v) is 14.0. The number of nitrogens with two attached hydrogens (primary N) is 2. The molecule has 8 rings (SSSR count). The second-order valence-electron chi connectivity index (χ2n) is 16.9. The van der Waals surface area contributed by atoms with E-state index in [0.29, 0.717) is 0 Å². The molecule has 3 aliphatic rings. The van der Waals surface area contributed by atoms with Crippen molar-refractivity contribution in [1.29, 1.82) is 0 Å². The zero-order chi connectivity index (χ0) is 54.5. The predicted molar refractivity (Wildman–Crippen MR) is 243 cm³/mol. The van der Waals surface area contributed by atoms with Crippen LogP contribution in [0.15, 0.2) is 45.6 Å². The number of anilines is 2. The van der Waals surface area contributed by atoms with Gasteiger partial charge in [0.15, 0.2) is 23.9 Å². The molecule has 36 nitrogen and oxygen atoms in total. The highest BCUT2D eigenvalue weighted by atomic mass is 31.3. The topological polar surface area (TPSA) is 510 Å². The Morgan fingerprint density at radius 3 is 2.11 bits per heavy atom. The number of phosphoric acid groups is 3. The minimum absolute atomic E-state index is 0.00838. The Labute approximate surface area is 419 Å². The third-order valence-corrected chi connectivity index (χ3v) is 18.2. The third-order valence-electron chi connectivity index (χ3n) is 12.1. The van der Waals surface area contributed by atoms with E-state index >= 15 is 0 Å². The van der Waals surface area contributed by atoms with Crippen LogP contribution in [0.1, 0.15) is 32.0 Å². The van der Waals surface area contributed by atoms with E-state index in [1.165, 1.54) is 22.5 Å². The number of hydrogen-bond acceptors (Lipinski definition) is 27. The number of aliphatic hydroxyl groups excluding tert-OH is 3. The summed E-state index contributed by atoms with van der Waals surface area (Å²) in [4.78, 5) is 103. The normalized spacial score (nSPS) is 30.4. The van der Waals surface area contributed by atoms with Crippen LogP contribution in [0.4, 0.5) is 11.8 Å². The number of H-pyrrole nitrogens is 2. The summed E-state index contributed by atoms with van der Waals surface area (Å²) >= 11 is 0. The summed E-state index contributed by atoms with van der Waals surface area (Å²) in [5.74, 6) is -1.31. The average molecular weight is 1150 g/mol. The number of imidazole rings is 2. The lowest BCUT2D eigenvalue weighted by Crippen LogP contribution is -2.40. The molecule has 40 heteroatoms. The number of aryl methyl sites for hydroxylation is 1. The molecule has 5 aromatic rings. The summed E-state index contributed by atoms with van der Waals surface area (Å²) in [6, 6.07) is 0.919. The van der Waals surface area contributed by atoms with E-state index in [1.807, 2.05) is 4.98 Å². The Balaban J connectivity index is 0.961. The minimum atomic E-state index is -6.21. The second kappa shape index (κ2) is 22.0. The number of hydrogen-bond donors (Lipinski definition) is 10. The maximum absolute atomic E-state index is 14.2. The van der Waals surface area contributed by atoms with Gasteiger partial charge in [-0.05, 0) is 13.3 Å². The van der Waals surface area contributed by atoms with Crippen LogP contribution >= 0.6 is 31.1 Å². The highest BCUT2D eigenvalue weighted by molar-refractivity contribution is 7.66. The number of ether oxygens (including phenoxy) is 5. The Hall–Kier alpha value is -4.58. The monoisotopic (exact) mass is 1150 g/mol. The Morgan fingerprint density at radius 2 is 1.44 bits per heavy atom. The van der Waals surface area contributed by atoms with Crippen molar-refractivity contribution >= 4 is 65.2 Å². The number of nitrogens with zero attached hydrogens (tertiary/aromatic N) is 8. The smallest absolute Gasteiger partial charge is 0.490 e. The van der Waals surface area contributed by atoms with Crippen LogP contribution in [0, 0.1) is 5.92 Å².